The lowest BCUT2D eigenvalue weighted by atomic mass is 9.80. The zero-order chi connectivity index (χ0) is 22.0. The summed E-state index contributed by atoms with van der Waals surface area (Å²) in [6, 6.07) is 6.76. The molecular formula is C21H31N3O5. The highest BCUT2D eigenvalue weighted by Crippen LogP contribution is 2.34. The number of ether oxygens (including phenoxy) is 1. The van der Waals surface area contributed by atoms with Gasteiger partial charge in [-0.1, -0.05) is 26.0 Å². The summed E-state index contributed by atoms with van der Waals surface area (Å²) in [4.78, 5) is 33.0. The molecule has 0 aliphatic heterocycles. The second-order valence-electron chi connectivity index (χ2n) is 7.12. The second-order valence-corrected chi connectivity index (χ2v) is 7.12. The molecule has 8 nitrogen and oxygen atoms in total. The molecule has 1 aromatic carbocycles. The molecule has 1 aliphatic carbocycles. The predicted molar refractivity (Wildman–Crippen MR) is 110 cm³/mol. The van der Waals surface area contributed by atoms with Crippen molar-refractivity contribution in [2.24, 2.45) is 5.73 Å². The first-order valence-corrected chi connectivity index (χ1v) is 9.79. The third-order valence-electron chi connectivity index (χ3n) is 5.00. The Bertz CT molecular complexity index is 722. The number of nitrogens with one attached hydrogen (secondary N) is 2. The van der Waals surface area contributed by atoms with Gasteiger partial charge in [0.2, 0.25) is 0 Å². The monoisotopic (exact) mass is 405 g/mol. The van der Waals surface area contributed by atoms with Crippen molar-refractivity contribution in [1.82, 2.24) is 5.32 Å². The molecule has 0 heterocycles. The zero-order valence-corrected chi connectivity index (χ0v) is 17.3. The van der Waals surface area contributed by atoms with Gasteiger partial charge in [0.1, 0.15) is 11.4 Å². The third kappa shape index (κ3) is 7.93. The van der Waals surface area contributed by atoms with Crippen LogP contribution < -0.4 is 11.1 Å². The van der Waals surface area contributed by atoms with Crippen molar-refractivity contribution in [1.29, 1.82) is 5.41 Å². The Morgan fingerprint density at radius 3 is 2.03 bits per heavy atom. The van der Waals surface area contributed by atoms with Crippen molar-refractivity contribution in [2.45, 2.75) is 70.9 Å². The van der Waals surface area contributed by atoms with Gasteiger partial charge in [-0.25, -0.2) is 0 Å². The molecule has 2 rings (SSSR count). The maximum Gasteiger partial charge on any atom is 0.303 e. The van der Waals surface area contributed by atoms with Crippen molar-refractivity contribution in [3.05, 3.63) is 35.4 Å². The van der Waals surface area contributed by atoms with Gasteiger partial charge in [-0.05, 0) is 44.2 Å². The Hall–Kier alpha value is -2.90. The van der Waals surface area contributed by atoms with E-state index in [0.717, 1.165) is 32.1 Å². The van der Waals surface area contributed by atoms with Crippen molar-refractivity contribution in [3.63, 3.8) is 0 Å². The van der Waals surface area contributed by atoms with Crippen LogP contribution in [-0.4, -0.2) is 40.4 Å². The maximum absolute atomic E-state index is 12.3. The number of carbonyl (C=O) groups excluding carboxylic acids is 2. The first kappa shape index (κ1) is 24.1. The van der Waals surface area contributed by atoms with E-state index >= 15 is 0 Å². The Kier molecular flexibility index (Phi) is 9.31. The fraction of sp³-hybridized carbons (Fsp3) is 0.524. The largest absolute Gasteiger partial charge is 0.481 e. The van der Waals surface area contributed by atoms with E-state index in [9.17, 15) is 14.4 Å². The summed E-state index contributed by atoms with van der Waals surface area (Å²) in [5, 5.41) is 18.1. The Morgan fingerprint density at radius 1 is 1.17 bits per heavy atom. The molecule has 8 heteroatoms. The maximum atomic E-state index is 12.3. The number of carboxylic acids is 1. The molecule has 0 spiro atoms. The highest BCUT2D eigenvalue weighted by atomic mass is 16.6. The molecule has 1 amide bonds. The lowest BCUT2D eigenvalue weighted by Gasteiger charge is -2.39. The summed E-state index contributed by atoms with van der Waals surface area (Å²) in [5.74, 6) is -1.14. The molecule has 0 unspecified atom stereocenters. The minimum Gasteiger partial charge on any atom is -0.481 e. The molecule has 160 valence electrons. The van der Waals surface area contributed by atoms with Crippen LogP contribution in [0.2, 0.25) is 0 Å². The van der Waals surface area contributed by atoms with Crippen molar-refractivity contribution in [2.75, 3.05) is 0 Å². The number of carboxylic acid groups (broad SMARTS) is 1. The SMILES string of the molecule is CCC(=O)O.CCC1(OC(C)=O)CCC(NC(=O)c2ccc(C(=N)N)cc2)CC1. The average molecular weight is 405 g/mol. The van der Waals surface area contributed by atoms with E-state index < -0.39 is 5.97 Å². The Balaban J connectivity index is 0.000000749. The highest BCUT2D eigenvalue weighted by Gasteiger charge is 2.37. The standard InChI is InChI=1S/C18H25N3O3.C3H6O2/c1-3-18(24-12(2)22)10-8-15(9-11-18)21-17(23)14-6-4-13(5-7-14)16(19)20;1-2-3(4)5/h4-7,15H,3,8-11H2,1-2H3,(H3,19,20)(H,21,23);2H2,1H3,(H,4,5). The zero-order valence-electron chi connectivity index (χ0n) is 17.3. The minimum absolute atomic E-state index is 0.0179. The number of amides is 1. The van der Waals surface area contributed by atoms with E-state index in [-0.39, 0.29) is 35.8 Å². The van der Waals surface area contributed by atoms with E-state index in [1.807, 2.05) is 6.92 Å². The van der Waals surface area contributed by atoms with Crippen LogP contribution in [-0.2, 0) is 14.3 Å². The Morgan fingerprint density at radius 2 is 1.66 bits per heavy atom. The number of nitrogens with two attached hydrogens (primary N) is 1. The molecule has 0 bridgehead atoms. The van der Waals surface area contributed by atoms with Crippen LogP contribution >= 0.6 is 0 Å². The summed E-state index contributed by atoms with van der Waals surface area (Å²) in [6.45, 7) is 5.07. The van der Waals surface area contributed by atoms with Crippen molar-refractivity contribution >= 4 is 23.7 Å². The van der Waals surface area contributed by atoms with E-state index in [4.69, 9.17) is 21.0 Å². The number of amidine groups is 1. The van der Waals surface area contributed by atoms with Gasteiger partial charge in [0.25, 0.3) is 5.91 Å². The quantitative estimate of drug-likeness (QED) is 0.326. The van der Waals surface area contributed by atoms with Gasteiger partial charge in [-0.2, -0.15) is 0 Å². The van der Waals surface area contributed by atoms with E-state index in [2.05, 4.69) is 5.32 Å². The first-order valence-electron chi connectivity index (χ1n) is 9.79. The van der Waals surface area contributed by atoms with Crippen LogP contribution in [0.4, 0.5) is 0 Å². The number of aliphatic carboxylic acids is 1. The van der Waals surface area contributed by atoms with Crippen molar-refractivity contribution in [3.8, 4) is 0 Å². The van der Waals surface area contributed by atoms with Gasteiger partial charge >= 0.3 is 11.9 Å². The molecule has 0 saturated heterocycles. The minimum atomic E-state index is -0.745. The second kappa shape index (κ2) is 11.2. The van der Waals surface area contributed by atoms with E-state index in [1.54, 1.807) is 31.2 Å². The number of benzene rings is 1. The summed E-state index contributed by atoms with van der Waals surface area (Å²) in [6.07, 6.45) is 4.12. The lowest BCUT2D eigenvalue weighted by molar-refractivity contribution is -0.161. The molecule has 1 aliphatic rings. The fourth-order valence-electron chi connectivity index (χ4n) is 3.19. The van der Waals surface area contributed by atoms with Gasteiger partial charge in [0, 0.05) is 30.5 Å². The van der Waals surface area contributed by atoms with Gasteiger partial charge in [-0.15, -0.1) is 0 Å². The van der Waals surface area contributed by atoms with Crippen LogP contribution in [0, 0.1) is 5.41 Å². The smallest absolute Gasteiger partial charge is 0.303 e. The lowest BCUT2D eigenvalue weighted by Crippen LogP contribution is -2.45. The molecule has 0 radical (unpaired) electrons. The number of rotatable bonds is 6. The van der Waals surface area contributed by atoms with E-state index in [1.165, 1.54) is 6.92 Å². The summed E-state index contributed by atoms with van der Waals surface area (Å²) in [7, 11) is 0. The number of hydrogen-bond acceptors (Lipinski definition) is 5. The average Bonchev–Trinajstić information content (AvgIpc) is 2.69. The van der Waals surface area contributed by atoms with Gasteiger partial charge in [0.05, 0.1) is 0 Å². The number of nitrogen functional groups attached to an aromatic ring is 1. The van der Waals surface area contributed by atoms with Crippen LogP contribution in [0.25, 0.3) is 0 Å². The molecule has 1 aromatic rings. The Labute approximate surface area is 171 Å². The third-order valence-corrected chi connectivity index (χ3v) is 5.00. The molecular weight excluding hydrogens is 374 g/mol. The number of esters is 1. The summed E-state index contributed by atoms with van der Waals surface area (Å²) in [5.41, 5.74) is 6.17. The van der Waals surface area contributed by atoms with E-state index in [0.29, 0.717) is 11.1 Å². The summed E-state index contributed by atoms with van der Waals surface area (Å²) < 4.78 is 5.52. The fourth-order valence-corrected chi connectivity index (χ4v) is 3.19. The number of carbonyl (C=O) groups is 3. The molecule has 0 atom stereocenters. The highest BCUT2D eigenvalue weighted by molar-refractivity contribution is 5.98. The van der Waals surface area contributed by atoms with Crippen LogP contribution in [0.3, 0.4) is 0 Å². The summed E-state index contributed by atoms with van der Waals surface area (Å²) >= 11 is 0. The van der Waals surface area contributed by atoms with Crippen LogP contribution in [0.5, 0.6) is 0 Å². The molecule has 5 N–H and O–H groups in total. The predicted octanol–water partition coefficient (Wildman–Crippen LogP) is 2.84. The first-order chi connectivity index (χ1) is 13.6. The molecule has 1 fully saturated rings. The number of hydrogen-bond donors (Lipinski definition) is 4. The molecule has 29 heavy (non-hydrogen) atoms. The van der Waals surface area contributed by atoms with Crippen molar-refractivity contribution < 1.29 is 24.2 Å². The molecule has 0 aromatic heterocycles. The van der Waals surface area contributed by atoms with Gasteiger partial charge in [-0.3, -0.25) is 19.8 Å². The van der Waals surface area contributed by atoms with Gasteiger partial charge < -0.3 is 20.9 Å². The van der Waals surface area contributed by atoms with Crippen LogP contribution in [0.1, 0.15) is 75.2 Å². The normalized spacial score (nSPS) is 20.6. The van der Waals surface area contributed by atoms with Crippen LogP contribution in [0.15, 0.2) is 24.3 Å². The topological polar surface area (TPSA) is 143 Å². The molecule has 1 saturated carbocycles. The van der Waals surface area contributed by atoms with Gasteiger partial charge in [0.15, 0.2) is 0 Å².